The summed E-state index contributed by atoms with van der Waals surface area (Å²) in [5.41, 5.74) is 0.769. The van der Waals surface area contributed by atoms with Crippen molar-refractivity contribution in [3.63, 3.8) is 0 Å². The molecule has 2 aromatic rings. The van der Waals surface area contributed by atoms with E-state index >= 15 is 0 Å². The lowest BCUT2D eigenvalue weighted by molar-refractivity contribution is -0.122. The molecule has 2 aromatic carbocycles. The van der Waals surface area contributed by atoms with Gasteiger partial charge in [0, 0.05) is 43.4 Å². The van der Waals surface area contributed by atoms with Crippen LogP contribution in [0.4, 0.5) is 4.79 Å². The van der Waals surface area contributed by atoms with Crippen molar-refractivity contribution in [1.29, 1.82) is 0 Å². The van der Waals surface area contributed by atoms with Crippen LogP contribution in [0, 0.1) is 0 Å². The number of carbonyl (C=O) groups is 3. The molecule has 10 heteroatoms. The average Bonchev–Trinajstić information content (AvgIpc) is 3.40. The van der Waals surface area contributed by atoms with Gasteiger partial charge in [0.15, 0.2) is 11.5 Å². The Kier molecular flexibility index (Phi) is 6.09. The molecule has 0 spiro atoms. The van der Waals surface area contributed by atoms with Crippen LogP contribution < -0.4 is 20.1 Å². The highest BCUT2D eigenvalue weighted by atomic mass is 32.2. The number of hydrogen-bond donors (Lipinski definition) is 2. The van der Waals surface area contributed by atoms with Crippen LogP contribution in [0.1, 0.15) is 22.8 Å². The molecule has 9 nitrogen and oxygen atoms in total. The predicted molar refractivity (Wildman–Crippen MR) is 126 cm³/mol. The highest BCUT2D eigenvalue weighted by molar-refractivity contribution is 7.99. The van der Waals surface area contributed by atoms with Gasteiger partial charge in [-0.05, 0) is 36.8 Å². The first-order valence-corrected chi connectivity index (χ1v) is 12.2. The van der Waals surface area contributed by atoms with Gasteiger partial charge in [-0.25, -0.2) is 4.79 Å². The van der Waals surface area contributed by atoms with Crippen LogP contribution in [0.2, 0.25) is 0 Å². The third-order valence-electron chi connectivity index (χ3n) is 6.25. The van der Waals surface area contributed by atoms with Crippen LogP contribution in [0.15, 0.2) is 47.4 Å². The number of imide groups is 1. The Morgan fingerprint density at radius 2 is 1.82 bits per heavy atom. The number of nitrogens with one attached hydrogen (secondary N) is 2. The van der Waals surface area contributed by atoms with E-state index < -0.39 is 11.6 Å². The summed E-state index contributed by atoms with van der Waals surface area (Å²) in [5, 5.41) is 4.94. The van der Waals surface area contributed by atoms with Gasteiger partial charge in [0.05, 0.1) is 5.56 Å². The van der Waals surface area contributed by atoms with Crippen molar-refractivity contribution in [3.05, 3.63) is 53.6 Å². The largest absolute Gasteiger partial charge is 0.454 e. The number of benzene rings is 2. The summed E-state index contributed by atoms with van der Waals surface area (Å²) < 4.78 is 10.8. The molecule has 0 unspecified atom stereocenters. The van der Waals surface area contributed by atoms with Gasteiger partial charge in [-0.2, -0.15) is 0 Å². The van der Waals surface area contributed by atoms with Crippen LogP contribution in [-0.4, -0.2) is 71.9 Å². The van der Waals surface area contributed by atoms with E-state index in [0.717, 1.165) is 41.6 Å². The molecule has 0 aromatic heterocycles. The van der Waals surface area contributed by atoms with E-state index in [1.807, 2.05) is 47.4 Å². The van der Waals surface area contributed by atoms with Gasteiger partial charge in [-0.3, -0.25) is 19.8 Å². The molecule has 2 fully saturated rings. The molecule has 3 heterocycles. The average molecular weight is 483 g/mol. The first-order valence-electron chi connectivity index (χ1n) is 11.2. The molecular formula is C24H26N4O5S. The Hall–Kier alpha value is -3.24. The van der Waals surface area contributed by atoms with Crippen LogP contribution in [-0.2, 0) is 11.3 Å². The minimum atomic E-state index is -1.00. The number of nitrogens with zero attached hydrogens (tertiary/aromatic N) is 2. The van der Waals surface area contributed by atoms with Gasteiger partial charge in [-0.1, -0.05) is 18.2 Å². The summed E-state index contributed by atoms with van der Waals surface area (Å²) >= 11 is 1.40. The van der Waals surface area contributed by atoms with E-state index in [0.29, 0.717) is 24.4 Å². The van der Waals surface area contributed by atoms with E-state index in [-0.39, 0.29) is 18.6 Å². The third kappa shape index (κ3) is 4.55. The Morgan fingerprint density at radius 1 is 1.06 bits per heavy atom. The molecule has 0 aliphatic carbocycles. The molecule has 1 atom stereocenters. The van der Waals surface area contributed by atoms with E-state index in [2.05, 4.69) is 15.5 Å². The van der Waals surface area contributed by atoms with Gasteiger partial charge in [0.1, 0.15) is 5.54 Å². The van der Waals surface area contributed by atoms with Gasteiger partial charge >= 0.3 is 6.03 Å². The number of ether oxygens (including phenoxy) is 2. The molecule has 34 heavy (non-hydrogen) atoms. The first kappa shape index (κ1) is 22.5. The Bertz CT molecular complexity index is 1130. The molecule has 2 saturated heterocycles. The normalized spacial score (nSPS) is 22.0. The monoisotopic (exact) mass is 482 g/mol. The zero-order chi connectivity index (χ0) is 23.7. The Morgan fingerprint density at radius 3 is 2.59 bits per heavy atom. The number of thioether (sulfide) groups is 1. The van der Waals surface area contributed by atoms with E-state index in [4.69, 9.17) is 9.47 Å². The smallest absolute Gasteiger partial charge is 0.322 e. The van der Waals surface area contributed by atoms with Crippen LogP contribution in [0.5, 0.6) is 11.5 Å². The fraction of sp³-hybridized carbons (Fsp3) is 0.375. The highest BCUT2D eigenvalue weighted by Gasteiger charge is 2.42. The molecule has 5 rings (SSSR count). The summed E-state index contributed by atoms with van der Waals surface area (Å²) in [7, 11) is 0. The Labute approximate surface area is 201 Å². The molecule has 178 valence electrons. The topological polar surface area (TPSA) is 100 Å². The lowest BCUT2D eigenvalue weighted by Gasteiger charge is -2.35. The number of carbonyl (C=O) groups excluding carboxylic acids is 3. The zero-order valence-corrected chi connectivity index (χ0v) is 19.7. The van der Waals surface area contributed by atoms with Crippen molar-refractivity contribution >= 4 is 29.6 Å². The maximum absolute atomic E-state index is 13.3. The van der Waals surface area contributed by atoms with Crippen LogP contribution in [0.25, 0.3) is 0 Å². The molecule has 2 N–H and O–H groups in total. The second kappa shape index (κ2) is 9.19. The molecular weight excluding hydrogens is 456 g/mol. The van der Waals surface area contributed by atoms with Gasteiger partial charge in [0.25, 0.3) is 11.8 Å². The maximum atomic E-state index is 13.3. The van der Waals surface area contributed by atoms with Gasteiger partial charge < -0.3 is 19.7 Å². The second-order valence-electron chi connectivity index (χ2n) is 8.78. The third-order valence-corrected chi connectivity index (χ3v) is 7.64. The van der Waals surface area contributed by atoms with Crippen molar-refractivity contribution in [3.8, 4) is 11.5 Å². The van der Waals surface area contributed by atoms with Crippen molar-refractivity contribution in [1.82, 2.24) is 20.4 Å². The molecule has 0 radical (unpaired) electrons. The SMILES string of the molecule is C[C@]1(CSc2ccccc2C(=O)N2CCN(Cc3ccc4c(c3)OCO4)CC2)NC(=O)NC1=O. The molecule has 0 saturated carbocycles. The molecule has 0 bridgehead atoms. The van der Waals surface area contributed by atoms with Crippen molar-refractivity contribution in [2.45, 2.75) is 23.9 Å². The molecule has 3 aliphatic heterocycles. The highest BCUT2D eigenvalue weighted by Crippen LogP contribution is 2.33. The standard InChI is InChI=1S/C24H26N4O5S/c1-24(22(30)25-23(31)26-24)14-34-20-5-3-2-4-17(20)21(29)28-10-8-27(9-11-28)13-16-6-7-18-19(12-16)33-15-32-18/h2-7,12H,8-11,13-15H2,1H3,(H2,25,26,30,31)/t24-/m1/s1. The second-order valence-corrected chi connectivity index (χ2v) is 9.80. The van der Waals surface area contributed by atoms with E-state index in [1.54, 1.807) is 6.92 Å². The summed E-state index contributed by atoms with van der Waals surface area (Å²) in [6.45, 7) is 5.57. The van der Waals surface area contributed by atoms with E-state index in [1.165, 1.54) is 11.8 Å². The molecule has 4 amide bonds. The number of hydrogen-bond acceptors (Lipinski definition) is 7. The van der Waals surface area contributed by atoms with Crippen molar-refractivity contribution in [2.75, 3.05) is 38.7 Å². The summed E-state index contributed by atoms with van der Waals surface area (Å²) in [4.78, 5) is 42.0. The van der Waals surface area contributed by atoms with E-state index in [9.17, 15) is 14.4 Å². The number of urea groups is 1. The predicted octanol–water partition coefficient (Wildman–Crippen LogP) is 2.06. The van der Waals surface area contributed by atoms with Gasteiger partial charge in [-0.15, -0.1) is 11.8 Å². The minimum Gasteiger partial charge on any atom is -0.454 e. The van der Waals surface area contributed by atoms with Crippen molar-refractivity contribution in [2.24, 2.45) is 0 Å². The minimum absolute atomic E-state index is 0.0177. The summed E-state index contributed by atoms with van der Waals surface area (Å²) in [6, 6.07) is 12.9. The lowest BCUT2D eigenvalue weighted by atomic mass is 10.1. The number of piperazine rings is 1. The molecule has 3 aliphatic rings. The number of amides is 4. The van der Waals surface area contributed by atoms with Crippen molar-refractivity contribution < 1.29 is 23.9 Å². The van der Waals surface area contributed by atoms with Crippen LogP contribution >= 0.6 is 11.8 Å². The Balaban J connectivity index is 1.19. The fourth-order valence-electron chi connectivity index (χ4n) is 4.25. The van der Waals surface area contributed by atoms with Gasteiger partial charge in [0.2, 0.25) is 6.79 Å². The quantitative estimate of drug-likeness (QED) is 0.480. The number of rotatable bonds is 6. The number of fused-ring (bicyclic) bond motifs is 1. The van der Waals surface area contributed by atoms with Crippen LogP contribution in [0.3, 0.4) is 0 Å². The fourth-order valence-corrected chi connectivity index (χ4v) is 5.38. The summed E-state index contributed by atoms with van der Waals surface area (Å²) in [5.74, 6) is 1.52. The lowest BCUT2D eigenvalue weighted by Crippen LogP contribution is -2.48. The summed E-state index contributed by atoms with van der Waals surface area (Å²) in [6.07, 6.45) is 0. The zero-order valence-electron chi connectivity index (χ0n) is 18.8. The first-order chi connectivity index (χ1) is 16.4. The maximum Gasteiger partial charge on any atom is 0.322 e.